The number of amides is 1. The molecule has 0 saturated heterocycles. The number of thiazole rings is 1. The second-order valence-electron chi connectivity index (χ2n) is 5.00. The summed E-state index contributed by atoms with van der Waals surface area (Å²) in [4.78, 5) is 28.6. The lowest BCUT2D eigenvalue weighted by Crippen LogP contribution is -2.10. The monoisotopic (exact) mass is 370 g/mol. The molecule has 0 aliphatic carbocycles. The number of benzene rings is 1. The highest BCUT2D eigenvalue weighted by Gasteiger charge is 2.07. The minimum Gasteiger partial charge on any atom is -0.423 e. The van der Waals surface area contributed by atoms with E-state index in [-0.39, 0.29) is 5.91 Å². The number of hydrogen-bond acceptors (Lipinski definition) is 6. The zero-order chi connectivity index (χ0) is 17.6. The standard InChI is InChI=1S/C18H14N2O3S2/c1-12-19-14(11-25-12)6-9-17(21)23-15-7-4-13(5-8-15)20-18(22)16-3-2-10-24-16/h2-11H,1H3,(H,20,22)/b9-6+. The van der Waals surface area contributed by atoms with Gasteiger partial charge >= 0.3 is 5.97 Å². The zero-order valence-corrected chi connectivity index (χ0v) is 14.9. The summed E-state index contributed by atoms with van der Waals surface area (Å²) in [7, 11) is 0. The molecule has 1 aromatic carbocycles. The fourth-order valence-electron chi connectivity index (χ4n) is 1.97. The predicted octanol–water partition coefficient (Wildman–Crippen LogP) is 4.38. The number of nitrogens with zero attached hydrogens (tertiary/aromatic N) is 1. The second kappa shape index (κ2) is 7.87. The summed E-state index contributed by atoms with van der Waals surface area (Å²) < 4.78 is 5.21. The van der Waals surface area contributed by atoms with Crippen molar-refractivity contribution in [3.63, 3.8) is 0 Å². The van der Waals surface area contributed by atoms with Gasteiger partial charge in [0.15, 0.2) is 0 Å². The average molecular weight is 370 g/mol. The van der Waals surface area contributed by atoms with Crippen molar-refractivity contribution >= 4 is 46.3 Å². The molecule has 2 aromatic heterocycles. The van der Waals surface area contributed by atoms with Crippen LogP contribution < -0.4 is 10.1 Å². The first-order valence-corrected chi connectivity index (χ1v) is 9.13. The maximum absolute atomic E-state index is 12.0. The maximum Gasteiger partial charge on any atom is 0.336 e. The lowest BCUT2D eigenvalue weighted by molar-refractivity contribution is -0.128. The van der Waals surface area contributed by atoms with Gasteiger partial charge in [0.2, 0.25) is 0 Å². The Hall–Kier alpha value is -2.77. The first kappa shape index (κ1) is 17.1. The molecule has 7 heteroatoms. The van der Waals surface area contributed by atoms with Gasteiger partial charge in [-0.3, -0.25) is 4.79 Å². The molecule has 3 aromatic rings. The van der Waals surface area contributed by atoms with Crippen LogP contribution in [0.5, 0.6) is 5.75 Å². The van der Waals surface area contributed by atoms with E-state index in [1.807, 2.05) is 23.8 Å². The van der Waals surface area contributed by atoms with Gasteiger partial charge in [0.05, 0.1) is 15.6 Å². The third-order valence-electron chi connectivity index (χ3n) is 3.10. The van der Waals surface area contributed by atoms with Gasteiger partial charge in [0.25, 0.3) is 5.91 Å². The van der Waals surface area contributed by atoms with Crippen molar-refractivity contribution in [2.45, 2.75) is 6.92 Å². The van der Waals surface area contributed by atoms with Crippen molar-refractivity contribution in [3.05, 3.63) is 68.8 Å². The Bertz CT molecular complexity index is 897. The Morgan fingerprint density at radius 3 is 2.60 bits per heavy atom. The van der Waals surface area contributed by atoms with E-state index in [2.05, 4.69) is 10.3 Å². The Labute approximate surface area is 152 Å². The van der Waals surface area contributed by atoms with E-state index >= 15 is 0 Å². The van der Waals surface area contributed by atoms with Crippen LogP contribution in [0.2, 0.25) is 0 Å². The van der Waals surface area contributed by atoms with Crippen molar-refractivity contribution in [3.8, 4) is 5.75 Å². The van der Waals surface area contributed by atoms with E-state index in [1.165, 1.54) is 28.7 Å². The van der Waals surface area contributed by atoms with Crippen molar-refractivity contribution in [1.82, 2.24) is 4.98 Å². The molecule has 0 bridgehead atoms. The van der Waals surface area contributed by atoms with Gasteiger partial charge < -0.3 is 10.1 Å². The van der Waals surface area contributed by atoms with Crippen LogP contribution in [0.4, 0.5) is 5.69 Å². The number of thiophene rings is 1. The second-order valence-corrected chi connectivity index (χ2v) is 7.01. The van der Waals surface area contributed by atoms with E-state index in [1.54, 1.807) is 36.4 Å². The van der Waals surface area contributed by atoms with Crippen LogP contribution in [0, 0.1) is 6.92 Å². The molecular weight excluding hydrogens is 356 g/mol. The Balaban J connectivity index is 1.56. The Morgan fingerprint density at radius 2 is 1.96 bits per heavy atom. The van der Waals surface area contributed by atoms with Crippen molar-refractivity contribution in [2.24, 2.45) is 0 Å². The van der Waals surface area contributed by atoms with E-state index in [4.69, 9.17) is 4.74 Å². The first-order chi connectivity index (χ1) is 12.1. The van der Waals surface area contributed by atoms with Gasteiger partial charge in [-0.1, -0.05) is 6.07 Å². The number of anilines is 1. The third-order valence-corrected chi connectivity index (χ3v) is 4.76. The van der Waals surface area contributed by atoms with E-state index in [0.29, 0.717) is 16.3 Å². The highest BCUT2D eigenvalue weighted by Crippen LogP contribution is 2.18. The van der Waals surface area contributed by atoms with Crippen molar-refractivity contribution in [2.75, 3.05) is 5.32 Å². The molecule has 0 saturated carbocycles. The first-order valence-electron chi connectivity index (χ1n) is 7.37. The number of esters is 1. The quantitative estimate of drug-likeness (QED) is 0.411. The average Bonchev–Trinajstić information content (AvgIpc) is 3.26. The molecular formula is C18H14N2O3S2. The molecule has 126 valence electrons. The number of aryl methyl sites for hydroxylation is 1. The molecule has 0 radical (unpaired) electrons. The third kappa shape index (κ3) is 4.85. The van der Waals surface area contributed by atoms with Gasteiger partial charge in [0.1, 0.15) is 5.75 Å². The summed E-state index contributed by atoms with van der Waals surface area (Å²) >= 11 is 2.89. The van der Waals surface area contributed by atoms with E-state index < -0.39 is 5.97 Å². The number of ether oxygens (including phenoxy) is 1. The lowest BCUT2D eigenvalue weighted by Gasteiger charge is -2.05. The number of carbonyl (C=O) groups is 2. The summed E-state index contributed by atoms with van der Waals surface area (Å²) in [5, 5.41) is 7.43. The molecule has 5 nitrogen and oxygen atoms in total. The number of carbonyl (C=O) groups excluding carboxylic acids is 2. The molecule has 1 N–H and O–H groups in total. The number of hydrogen-bond donors (Lipinski definition) is 1. The molecule has 0 aliphatic rings. The van der Waals surface area contributed by atoms with Gasteiger partial charge in [-0.25, -0.2) is 9.78 Å². The summed E-state index contributed by atoms with van der Waals surface area (Å²) in [6.07, 6.45) is 2.95. The molecule has 0 unspecified atom stereocenters. The summed E-state index contributed by atoms with van der Waals surface area (Å²) in [5.74, 6) is -0.250. The largest absolute Gasteiger partial charge is 0.423 e. The molecule has 2 heterocycles. The van der Waals surface area contributed by atoms with Crippen LogP contribution >= 0.6 is 22.7 Å². The summed E-state index contributed by atoms with van der Waals surface area (Å²) in [5.41, 5.74) is 1.36. The number of aromatic nitrogens is 1. The molecule has 0 aliphatic heterocycles. The molecule has 1 amide bonds. The van der Waals surface area contributed by atoms with Crippen molar-refractivity contribution < 1.29 is 14.3 Å². The molecule has 0 spiro atoms. The van der Waals surface area contributed by atoms with Crippen LogP contribution in [0.1, 0.15) is 20.4 Å². The summed E-state index contributed by atoms with van der Waals surface area (Å²) in [6.45, 7) is 1.90. The molecule has 0 atom stereocenters. The van der Waals surface area contributed by atoms with Crippen LogP contribution in [0.15, 0.2) is 53.2 Å². The Morgan fingerprint density at radius 1 is 1.16 bits per heavy atom. The van der Waals surface area contributed by atoms with E-state index in [9.17, 15) is 9.59 Å². The highest BCUT2D eigenvalue weighted by molar-refractivity contribution is 7.12. The predicted molar refractivity (Wildman–Crippen MR) is 100 cm³/mol. The Kier molecular flexibility index (Phi) is 5.37. The van der Waals surface area contributed by atoms with Gasteiger partial charge in [-0.05, 0) is 48.7 Å². The van der Waals surface area contributed by atoms with Crippen LogP contribution in [0.3, 0.4) is 0 Å². The maximum atomic E-state index is 12.0. The molecule has 0 fully saturated rings. The van der Waals surface area contributed by atoms with Gasteiger partial charge in [-0.15, -0.1) is 22.7 Å². The lowest BCUT2D eigenvalue weighted by atomic mass is 10.3. The highest BCUT2D eigenvalue weighted by atomic mass is 32.1. The fourth-order valence-corrected chi connectivity index (χ4v) is 3.17. The minimum atomic E-state index is -0.485. The van der Waals surface area contributed by atoms with Crippen LogP contribution in [0.25, 0.3) is 6.08 Å². The minimum absolute atomic E-state index is 0.166. The summed E-state index contributed by atoms with van der Waals surface area (Å²) in [6, 6.07) is 10.2. The SMILES string of the molecule is Cc1nc(/C=C/C(=O)Oc2ccc(NC(=O)c3cccs3)cc2)cs1. The normalized spacial score (nSPS) is 10.8. The molecule has 25 heavy (non-hydrogen) atoms. The topological polar surface area (TPSA) is 68.3 Å². The van der Waals surface area contributed by atoms with Crippen LogP contribution in [-0.2, 0) is 4.79 Å². The van der Waals surface area contributed by atoms with Gasteiger partial charge in [-0.2, -0.15) is 0 Å². The zero-order valence-electron chi connectivity index (χ0n) is 13.3. The van der Waals surface area contributed by atoms with Gasteiger partial charge in [0, 0.05) is 17.1 Å². The van der Waals surface area contributed by atoms with E-state index in [0.717, 1.165) is 10.7 Å². The number of nitrogens with one attached hydrogen (secondary N) is 1. The number of rotatable bonds is 5. The fraction of sp³-hybridized carbons (Fsp3) is 0.0556. The van der Waals surface area contributed by atoms with Crippen LogP contribution in [-0.4, -0.2) is 16.9 Å². The van der Waals surface area contributed by atoms with Crippen molar-refractivity contribution in [1.29, 1.82) is 0 Å². The molecule has 3 rings (SSSR count). The smallest absolute Gasteiger partial charge is 0.336 e.